The number of benzene rings is 2. The number of hydrogen-bond donors (Lipinski definition) is 1. The lowest BCUT2D eigenvalue weighted by Crippen LogP contribution is -2.43. The lowest BCUT2D eigenvalue weighted by molar-refractivity contribution is -0.0630. The number of rotatable bonds is 5. The van der Waals surface area contributed by atoms with Gasteiger partial charge < -0.3 is 19.5 Å². The van der Waals surface area contributed by atoms with Crippen molar-refractivity contribution in [3.8, 4) is 28.4 Å². The van der Waals surface area contributed by atoms with Gasteiger partial charge in [0.2, 0.25) is 6.79 Å². The highest BCUT2D eigenvalue weighted by atomic mass is 16.7. The summed E-state index contributed by atoms with van der Waals surface area (Å²) in [5.74, 6) is 1.55. The van der Waals surface area contributed by atoms with Crippen LogP contribution in [0, 0.1) is 0 Å². The van der Waals surface area contributed by atoms with E-state index in [1.807, 2.05) is 41.1 Å². The number of fused-ring (bicyclic) bond motifs is 1. The van der Waals surface area contributed by atoms with E-state index < -0.39 is 0 Å². The first-order chi connectivity index (χ1) is 14.6. The van der Waals surface area contributed by atoms with Crippen LogP contribution in [0.3, 0.4) is 0 Å². The summed E-state index contributed by atoms with van der Waals surface area (Å²) in [5.41, 5.74) is 4.10. The monoisotopic (exact) mass is 405 g/mol. The lowest BCUT2D eigenvalue weighted by atomic mass is 9.94. The molecule has 3 heterocycles. The summed E-state index contributed by atoms with van der Waals surface area (Å²) >= 11 is 0. The van der Waals surface area contributed by atoms with E-state index in [0.29, 0.717) is 6.04 Å². The maximum atomic E-state index is 5.86. The molecule has 0 amide bonds. The van der Waals surface area contributed by atoms with Gasteiger partial charge in [0.25, 0.3) is 0 Å². The minimum absolute atomic E-state index is 0.0791. The van der Waals surface area contributed by atoms with Crippen LogP contribution in [0.15, 0.2) is 54.7 Å². The van der Waals surface area contributed by atoms with E-state index in [9.17, 15) is 0 Å². The molecule has 0 saturated carbocycles. The van der Waals surface area contributed by atoms with Crippen molar-refractivity contribution in [2.45, 2.75) is 44.9 Å². The molecule has 1 N–H and O–H groups in total. The van der Waals surface area contributed by atoms with Gasteiger partial charge in [0, 0.05) is 36.5 Å². The molecule has 0 radical (unpaired) electrons. The topological polar surface area (TPSA) is 57.5 Å². The summed E-state index contributed by atoms with van der Waals surface area (Å²) in [5, 5.41) is 8.66. The summed E-state index contributed by atoms with van der Waals surface area (Å²) in [4.78, 5) is 0. The van der Waals surface area contributed by atoms with Crippen molar-refractivity contribution < 1.29 is 14.2 Å². The van der Waals surface area contributed by atoms with Gasteiger partial charge in [-0.1, -0.05) is 18.2 Å². The highest BCUT2D eigenvalue weighted by Gasteiger charge is 2.29. The average Bonchev–Trinajstić information content (AvgIpc) is 3.38. The van der Waals surface area contributed by atoms with Crippen molar-refractivity contribution in [3.63, 3.8) is 0 Å². The van der Waals surface area contributed by atoms with Crippen LogP contribution < -0.4 is 14.8 Å². The third-order valence-corrected chi connectivity index (χ3v) is 5.74. The molecule has 0 aliphatic carbocycles. The average molecular weight is 405 g/mol. The molecule has 30 heavy (non-hydrogen) atoms. The van der Waals surface area contributed by atoms with Crippen molar-refractivity contribution in [1.29, 1.82) is 0 Å². The number of ether oxygens (including phenoxy) is 3. The van der Waals surface area contributed by atoms with Crippen LogP contribution in [-0.2, 0) is 11.3 Å². The van der Waals surface area contributed by atoms with Gasteiger partial charge >= 0.3 is 0 Å². The molecule has 1 saturated heterocycles. The Morgan fingerprint density at radius 3 is 2.77 bits per heavy atom. The minimum Gasteiger partial charge on any atom is -0.454 e. The summed E-state index contributed by atoms with van der Waals surface area (Å²) in [6.45, 7) is 6.13. The summed E-state index contributed by atoms with van der Waals surface area (Å²) < 4.78 is 18.9. The predicted octanol–water partition coefficient (Wildman–Crippen LogP) is 4.32. The molecule has 6 heteroatoms. The zero-order valence-electron chi connectivity index (χ0n) is 17.4. The number of nitrogens with zero attached hydrogens (tertiary/aromatic N) is 2. The highest BCUT2D eigenvalue weighted by Crippen LogP contribution is 2.36. The lowest BCUT2D eigenvalue weighted by Gasteiger charge is -2.36. The fourth-order valence-electron chi connectivity index (χ4n) is 4.20. The van der Waals surface area contributed by atoms with E-state index in [1.54, 1.807) is 0 Å². The van der Waals surface area contributed by atoms with Gasteiger partial charge in [-0.05, 0) is 57.0 Å². The number of nitrogens with one attached hydrogen (secondary N) is 1. The van der Waals surface area contributed by atoms with Gasteiger partial charge in [-0.3, -0.25) is 0 Å². The molecule has 6 nitrogen and oxygen atoms in total. The van der Waals surface area contributed by atoms with Crippen LogP contribution in [0.4, 0.5) is 0 Å². The molecule has 0 unspecified atom stereocenters. The highest BCUT2D eigenvalue weighted by molar-refractivity contribution is 5.67. The Balaban J connectivity index is 1.45. The molecule has 5 rings (SSSR count). The largest absolute Gasteiger partial charge is 0.454 e. The van der Waals surface area contributed by atoms with Crippen LogP contribution in [0.5, 0.6) is 11.5 Å². The van der Waals surface area contributed by atoms with Crippen molar-refractivity contribution in [1.82, 2.24) is 15.1 Å². The number of hydrogen-bond acceptors (Lipinski definition) is 5. The quantitative estimate of drug-likeness (QED) is 0.685. The van der Waals surface area contributed by atoms with Crippen molar-refractivity contribution >= 4 is 0 Å². The Kier molecular flexibility index (Phi) is 4.97. The molecule has 1 aromatic heterocycles. The van der Waals surface area contributed by atoms with E-state index in [2.05, 4.69) is 37.5 Å². The normalized spacial score (nSPS) is 19.7. The van der Waals surface area contributed by atoms with E-state index in [0.717, 1.165) is 60.0 Å². The molecular weight excluding hydrogens is 378 g/mol. The molecule has 3 aromatic rings. The number of aromatic nitrogens is 2. The SMILES string of the molecule is CC1(C)C[C@H](NCc2cn(-c3ccccc3)nc2-c2ccc3c(c2)OCO3)CCO1. The van der Waals surface area contributed by atoms with Gasteiger partial charge in [0.05, 0.1) is 17.0 Å². The Bertz CT molecular complexity index is 1030. The van der Waals surface area contributed by atoms with Gasteiger partial charge in [-0.25, -0.2) is 4.68 Å². The molecule has 1 atom stereocenters. The third kappa shape index (κ3) is 3.93. The molecule has 2 aliphatic heterocycles. The molecule has 2 aromatic carbocycles. The fourth-order valence-corrected chi connectivity index (χ4v) is 4.20. The maximum Gasteiger partial charge on any atom is 0.231 e. The van der Waals surface area contributed by atoms with Crippen LogP contribution in [0.1, 0.15) is 32.3 Å². The summed E-state index contributed by atoms with van der Waals surface area (Å²) in [7, 11) is 0. The van der Waals surface area contributed by atoms with Crippen LogP contribution in [-0.4, -0.2) is 34.8 Å². The smallest absolute Gasteiger partial charge is 0.231 e. The Hall–Kier alpha value is -2.83. The second-order valence-corrected chi connectivity index (χ2v) is 8.53. The van der Waals surface area contributed by atoms with E-state index in [1.165, 1.54) is 0 Å². The van der Waals surface area contributed by atoms with Crippen LogP contribution in [0.25, 0.3) is 16.9 Å². The van der Waals surface area contributed by atoms with Gasteiger partial charge in [-0.15, -0.1) is 0 Å². The van der Waals surface area contributed by atoms with E-state index >= 15 is 0 Å². The van der Waals surface area contributed by atoms with E-state index in [4.69, 9.17) is 19.3 Å². The van der Waals surface area contributed by atoms with Crippen molar-refractivity contribution in [2.24, 2.45) is 0 Å². The molecule has 0 bridgehead atoms. The first-order valence-corrected chi connectivity index (χ1v) is 10.5. The second-order valence-electron chi connectivity index (χ2n) is 8.53. The zero-order chi connectivity index (χ0) is 20.6. The van der Waals surface area contributed by atoms with Crippen molar-refractivity contribution in [3.05, 3.63) is 60.3 Å². The van der Waals surface area contributed by atoms with Gasteiger partial charge in [0.1, 0.15) is 0 Å². The van der Waals surface area contributed by atoms with Crippen LogP contribution >= 0.6 is 0 Å². The van der Waals surface area contributed by atoms with E-state index in [-0.39, 0.29) is 12.4 Å². The third-order valence-electron chi connectivity index (χ3n) is 5.74. The molecule has 156 valence electrons. The number of para-hydroxylation sites is 1. The maximum absolute atomic E-state index is 5.86. The van der Waals surface area contributed by atoms with Gasteiger partial charge in [-0.2, -0.15) is 5.10 Å². The molecule has 1 fully saturated rings. The molecule has 0 spiro atoms. The Morgan fingerprint density at radius 2 is 1.93 bits per heavy atom. The Labute approximate surface area is 176 Å². The van der Waals surface area contributed by atoms with Crippen LogP contribution in [0.2, 0.25) is 0 Å². The first kappa shape index (κ1) is 19.2. The molecular formula is C24H27N3O3. The molecule has 2 aliphatic rings. The predicted molar refractivity (Wildman–Crippen MR) is 115 cm³/mol. The Morgan fingerprint density at radius 1 is 1.10 bits per heavy atom. The standard InChI is InChI=1S/C24H27N3O3/c1-24(2)13-19(10-11-30-24)25-14-18-15-27(20-6-4-3-5-7-20)26-23(18)17-8-9-21-22(12-17)29-16-28-21/h3-9,12,15,19,25H,10-11,13-14,16H2,1-2H3/t19-/m1/s1. The fraction of sp³-hybridized carbons (Fsp3) is 0.375. The zero-order valence-corrected chi connectivity index (χ0v) is 17.4. The second kappa shape index (κ2) is 7.78. The van der Waals surface area contributed by atoms with Gasteiger partial charge in [0.15, 0.2) is 11.5 Å². The summed E-state index contributed by atoms with van der Waals surface area (Å²) in [6.07, 6.45) is 4.14. The first-order valence-electron chi connectivity index (χ1n) is 10.5. The van der Waals surface area contributed by atoms with Crippen molar-refractivity contribution in [2.75, 3.05) is 13.4 Å². The minimum atomic E-state index is -0.0791. The summed E-state index contributed by atoms with van der Waals surface area (Å²) in [6, 6.07) is 16.6.